The van der Waals surface area contributed by atoms with Gasteiger partial charge in [0.2, 0.25) is 0 Å². The number of anilines is 1. The summed E-state index contributed by atoms with van der Waals surface area (Å²) in [5.74, 6) is -0.0931. The van der Waals surface area contributed by atoms with Crippen molar-refractivity contribution >= 4 is 17.4 Å². The molecule has 1 N–H and O–H groups in total. The van der Waals surface area contributed by atoms with Gasteiger partial charge in [-0.2, -0.15) is 0 Å². The molecule has 0 saturated carbocycles. The molecular formula is C23H20FNO4. The van der Waals surface area contributed by atoms with Crippen molar-refractivity contribution < 1.29 is 23.5 Å². The molecule has 0 unspecified atom stereocenters. The first-order chi connectivity index (χ1) is 14.1. The van der Waals surface area contributed by atoms with Crippen LogP contribution in [0.3, 0.4) is 0 Å². The van der Waals surface area contributed by atoms with Gasteiger partial charge in [0.1, 0.15) is 17.3 Å². The van der Waals surface area contributed by atoms with E-state index < -0.39 is 5.82 Å². The molecule has 5 nitrogen and oxygen atoms in total. The number of amides is 1. The lowest BCUT2D eigenvalue weighted by molar-refractivity contribution is 0.0914. The van der Waals surface area contributed by atoms with Crippen molar-refractivity contribution in [3.8, 4) is 11.5 Å². The van der Waals surface area contributed by atoms with E-state index in [4.69, 9.17) is 9.47 Å². The Hall–Kier alpha value is -3.67. The minimum absolute atomic E-state index is 0.265. The van der Waals surface area contributed by atoms with E-state index >= 15 is 0 Å². The minimum Gasteiger partial charge on any atom is -0.494 e. The van der Waals surface area contributed by atoms with Crippen molar-refractivity contribution in [3.05, 3.63) is 89.7 Å². The number of ketones is 1. The topological polar surface area (TPSA) is 64.6 Å². The van der Waals surface area contributed by atoms with Crippen molar-refractivity contribution in [2.24, 2.45) is 0 Å². The molecular weight excluding hydrogens is 373 g/mol. The summed E-state index contributed by atoms with van der Waals surface area (Å²) in [5.41, 5.74) is 1.24. The predicted molar refractivity (Wildman–Crippen MR) is 108 cm³/mol. The molecule has 0 radical (unpaired) electrons. The Kier molecular flexibility index (Phi) is 6.58. The highest BCUT2D eigenvalue weighted by atomic mass is 19.1. The van der Waals surface area contributed by atoms with Crippen LogP contribution in [0, 0.1) is 5.82 Å². The van der Waals surface area contributed by atoms with E-state index in [9.17, 15) is 14.0 Å². The van der Waals surface area contributed by atoms with Crippen LogP contribution in [0.5, 0.6) is 11.5 Å². The SMILES string of the molecule is CCOc1ccc(NC(=O)c2ccccc2OCC(=O)c2ccc(F)cc2)cc1. The van der Waals surface area contributed by atoms with Gasteiger partial charge in [-0.3, -0.25) is 9.59 Å². The van der Waals surface area contributed by atoms with Gasteiger partial charge in [-0.15, -0.1) is 0 Å². The van der Waals surface area contributed by atoms with Crippen LogP contribution >= 0.6 is 0 Å². The quantitative estimate of drug-likeness (QED) is 0.562. The number of benzene rings is 3. The first kappa shape index (κ1) is 20.1. The van der Waals surface area contributed by atoms with E-state index in [0.29, 0.717) is 29.2 Å². The number of Topliss-reactive ketones (excluding diaryl/α,β-unsaturated/α-hetero) is 1. The normalized spacial score (nSPS) is 10.3. The fraction of sp³-hybridized carbons (Fsp3) is 0.130. The Morgan fingerprint density at radius 1 is 0.897 bits per heavy atom. The molecule has 3 aromatic rings. The molecule has 0 saturated heterocycles. The molecule has 0 heterocycles. The van der Waals surface area contributed by atoms with Gasteiger partial charge in [0.05, 0.1) is 12.2 Å². The average Bonchev–Trinajstić information content (AvgIpc) is 2.74. The monoisotopic (exact) mass is 393 g/mol. The number of halogens is 1. The van der Waals surface area contributed by atoms with Crippen LogP contribution in [0.25, 0.3) is 0 Å². The summed E-state index contributed by atoms with van der Waals surface area (Å²) in [5, 5.41) is 2.79. The molecule has 3 rings (SSSR count). The standard InChI is InChI=1S/C23H20FNO4/c1-2-28-19-13-11-18(12-14-19)25-23(27)20-5-3-4-6-22(20)29-15-21(26)16-7-9-17(24)10-8-16/h3-14H,2,15H2,1H3,(H,25,27). The summed E-state index contributed by atoms with van der Waals surface area (Å²) in [6, 6.07) is 18.9. The molecule has 6 heteroatoms. The smallest absolute Gasteiger partial charge is 0.259 e. The zero-order valence-corrected chi connectivity index (χ0v) is 15.9. The van der Waals surface area contributed by atoms with Gasteiger partial charge >= 0.3 is 0 Å². The largest absolute Gasteiger partial charge is 0.494 e. The Bertz CT molecular complexity index is 985. The summed E-state index contributed by atoms with van der Waals surface area (Å²) >= 11 is 0. The Labute approximate surface area is 168 Å². The molecule has 0 bridgehead atoms. The highest BCUT2D eigenvalue weighted by molar-refractivity contribution is 6.06. The average molecular weight is 393 g/mol. The van der Waals surface area contributed by atoms with Gasteiger partial charge in [0.25, 0.3) is 5.91 Å². The second-order valence-electron chi connectivity index (χ2n) is 6.13. The molecule has 0 spiro atoms. The first-order valence-corrected chi connectivity index (χ1v) is 9.11. The predicted octanol–water partition coefficient (Wildman–Crippen LogP) is 4.74. The van der Waals surface area contributed by atoms with Crippen molar-refractivity contribution in [2.45, 2.75) is 6.92 Å². The van der Waals surface area contributed by atoms with Gasteiger partial charge in [0, 0.05) is 11.3 Å². The number of hydrogen-bond acceptors (Lipinski definition) is 4. The van der Waals surface area contributed by atoms with Crippen LogP contribution in [0.4, 0.5) is 10.1 Å². The lowest BCUT2D eigenvalue weighted by atomic mass is 10.1. The third-order valence-corrected chi connectivity index (χ3v) is 4.08. The zero-order valence-electron chi connectivity index (χ0n) is 15.9. The van der Waals surface area contributed by atoms with E-state index in [1.807, 2.05) is 6.92 Å². The van der Waals surface area contributed by atoms with Crippen LogP contribution in [-0.2, 0) is 0 Å². The number of carbonyl (C=O) groups excluding carboxylic acids is 2. The van der Waals surface area contributed by atoms with Gasteiger partial charge in [-0.25, -0.2) is 4.39 Å². The molecule has 0 aliphatic heterocycles. The molecule has 148 valence electrons. The summed E-state index contributed by atoms with van der Waals surface area (Å²) in [7, 11) is 0. The highest BCUT2D eigenvalue weighted by Gasteiger charge is 2.14. The Morgan fingerprint density at radius 2 is 1.59 bits per heavy atom. The lowest BCUT2D eigenvalue weighted by Crippen LogP contribution is -2.16. The van der Waals surface area contributed by atoms with Crippen LogP contribution in [0.15, 0.2) is 72.8 Å². The number of carbonyl (C=O) groups is 2. The van der Waals surface area contributed by atoms with Gasteiger partial charge < -0.3 is 14.8 Å². The van der Waals surface area contributed by atoms with Gasteiger partial charge in [-0.1, -0.05) is 12.1 Å². The number of ether oxygens (including phenoxy) is 2. The molecule has 3 aromatic carbocycles. The molecule has 0 atom stereocenters. The van der Waals surface area contributed by atoms with Crippen LogP contribution in [-0.4, -0.2) is 24.9 Å². The third kappa shape index (κ3) is 5.42. The van der Waals surface area contributed by atoms with E-state index in [1.165, 1.54) is 24.3 Å². The number of para-hydroxylation sites is 1. The van der Waals surface area contributed by atoms with E-state index in [-0.39, 0.29) is 24.0 Å². The number of hydrogen-bond donors (Lipinski definition) is 1. The Morgan fingerprint density at radius 3 is 2.28 bits per heavy atom. The van der Waals surface area contributed by atoms with Gasteiger partial charge in [0.15, 0.2) is 12.4 Å². The van der Waals surface area contributed by atoms with Crippen molar-refractivity contribution in [2.75, 3.05) is 18.5 Å². The second-order valence-corrected chi connectivity index (χ2v) is 6.13. The third-order valence-electron chi connectivity index (χ3n) is 4.08. The van der Waals surface area contributed by atoms with Crippen molar-refractivity contribution in [1.29, 1.82) is 0 Å². The summed E-state index contributed by atoms with van der Waals surface area (Å²) < 4.78 is 23.9. The van der Waals surface area contributed by atoms with Crippen molar-refractivity contribution in [3.63, 3.8) is 0 Å². The summed E-state index contributed by atoms with van der Waals surface area (Å²) in [4.78, 5) is 24.9. The summed E-state index contributed by atoms with van der Waals surface area (Å²) in [6.07, 6.45) is 0. The zero-order chi connectivity index (χ0) is 20.6. The van der Waals surface area contributed by atoms with Crippen LogP contribution < -0.4 is 14.8 Å². The van der Waals surface area contributed by atoms with E-state index in [2.05, 4.69) is 5.32 Å². The van der Waals surface area contributed by atoms with E-state index in [0.717, 1.165) is 0 Å². The maximum absolute atomic E-state index is 13.0. The van der Waals surface area contributed by atoms with Crippen molar-refractivity contribution in [1.82, 2.24) is 0 Å². The van der Waals surface area contributed by atoms with Crippen LogP contribution in [0.1, 0.15) is 27.6 Å². The van der Waals surface area contributed by atoms with E-state index in [1.54, 1.807) is 48.5 Å². The Balaban J connectivity index is 1.66. The maximum Gasteiger partial charge on any atom is 0.259 e. The summed E-state index contributed by atoms with van der Waals surface area (Å²) in [6.45, 7) is 2.19. The first-order valence-electron chi connectivity index (χ1n) is 9.11. The lowest BCUT2D eigenvalue weighted by Gasteiger charge is -2.12. The second kappa shape index (κ2) is 9.50. The molecule has 0 aliphatic carbocycles. The minimum atomic E-state index is -0.418. The maximum atomic E-state index is 13.0. The molecule has 29 heavy (non-hydrogen) atoms. The number of nitrogens with one attached hydrogen (secondary N) is 1. The molecule has 0 aromatic heterocycles. The fourth-order valence-electron chi connectivity index (χ4n) is 2.64. The highest BCUT2D eigenvalue weighted by Crippen LogP contribution is 2.21. The van der Waals surface area contributed by atoms with Crippen LogP contribution in [0.2, 0.25) is 0 Å². The molecule has 0 aliphatic rings. The molecule has 0 fully saturated rings. The fourth-order valence-corrected chi connectivity index (χ4v) is 2.64. The number of rotatable bonds is 8. The van der Waals surface area contributed by atoms with Gasteiger partial charge in [-0.05, 0) is 67.6 Å². The molecule has 1 amide bonds.